The lowest BCUT2D eigenvalue weighted by Gasteiger charge is -2.34. The van der Waals surface area contributed by atoms with Crippen molar-refractivity contribution < 1.29 is 8.42 Å². The van der Waals surface area contributed by atoms with Gasteiger partial charge in [0.2, 0.25) is 0 Å². The normalized spacial score (nSPS) is 16.3. The molecule has 1 saturated heterocycles. The van der Waals surface area contributed by atoms with Crippen molar-refractivity contribution in [2.75, 3.05) is 38.1 Å². The van der Waals surface area contributed by atoms with Crippen LogP contribution in [-0.4, -0.2) is 50.5 Å². The molecule has 1 aliphatic heterocycles. The van der Waals surface area contributed by atoms with Crippen LogP contribution in [0.3, 0.4) is 0 Å². The second kappa shape index (κ2) is 6.45. The number of benzene rings is 2. The van der Waals surface area contributed by atoms with E-state index in [1.165, 1.54) is 3.97 Å². The van der Waals surface area contributed by atoms with E-state index in [2.05, 4.69) is 22.9 Å². The van der Waals surface area contributed by atoms with Gasteiger partial charge in [-0.15, -0.1) is 0 Å². The fourth-order valence-electron chi connectivity index (χ4n) is 3.39. The molecule has 5 nitrogen and oxygen atoms in total. The van der Waals surface area contributed by atoms with Crippen molar-refractivity contribution in [3.05, 3.63) is 60.3 Å². The van der Waals surface area contributed by atoms with E-state index in [1.54, 1.807) is 18.3 Å². The summed E-state index contributed by atoms with van der Waals surface area (Å²) in [4.78, 5) is 4.93. The van der Waals surface area contributed by atoms with Gasteiger partial charge in [0.1, 0.15) is 0 Å². The van der Waals surface area contributed by atoms with Crippen molar-refractivity contribution >= 4 is 26.6 Å². The molecule has 0 atom stereocenters. The lowest BCUT2D eigenvalue weighted by Crippen LogP contribution is -2.44. The molecule has 0 spiro atoms. The smallest absolute Gasteiger partial charge is 0.268 e. The zero-order valence-electron chi connectivity index (χ0n) is 15.1. The van der Waals surface area contributed by atoms with E-state index in [1.807, 2.05) is 37.3 Å². The number of aromatic nitrogens is 1. The van der Waals surface area contributed by atoms with E-state index < -0.39 is 10.0 Å². The van der Waals surface area contributed by atoms with Gasteiger partial charge < -0.3 is 9.80 Å². The van der Waals surface area contributed by atoms with Crippen LogP contribution < -0.4 is 4.90 Å². The van der Waals surface area contributed by atoms with E-state index in [9.17, 15) is 8.42 Å². The van der Waals surface area contributed by atoms with Gasteiger partial charge in [0, 0.05) is 43.4 Å². The van der Waals surface area contributed by atoms with Gasteiger partial charge in [-0.25, -0.2) is 12.4 Å². The second-order valence-corrected chi connectivity index (χ2v) is 8.78. The number of nitrogens with zero attached hydrogens (tertiary/aromatic N) is 3. The molecule has 0 aliphatic carbocycles. The van der Waals surface area contributed by atoms with Crippen LogP contribution in [0.25, 0.3) is 10.9 Å². The van der Waals surface area contributed by atoms with E-state index in [0.29, 0.717) is 4.90 Å². The summed E-state index contributed by atoms with van der Waals surface area (Å²) < 4.78 is 27.6. The zero-order chi connectivity index (χ0) is 18.3. The first-order chi connectivity index (χ1) is 12.4. The molecular weight excluding hydrogens is 346 g/mol. The molecule has 2 heterocycles. The van der Waals surface area contributed by atoms with Crippen LogP contribution >= 0.6 is 0 Å². The Morgan fingerprint density at radius 2 is 1.58 bits per heavy atom. The van der Waals surface area contributed by atoms with E-state index in [-0.39, 0.29) is 0 Å². The molecule has 1 aliphatic rings. The minimum Gasteiger partial charge on any atom is -0.369 e. The standard InChI is InChI=1S/C20H23N3O2S/c1-16-3-7-19(8-4-16)26(24,25)23-10-9-17-5-6-18(15-20(17)23)22-13-11-21(2)12-14-22/h3-10,15H,11-14H2,1-2H3. The Morgan fingerprint density at radius 3 is 2.27 bits per heavy atom. The molecule has 3 aromatic rings. The first-order valence-electron chi connectivity index (χ1n) is 8.82. The van der Waals surface area contributed by atoms with Gasteiger partial charge in [-0.3, -0.25) is 0 Å². The molecule has 0 unspecified atom stereocenters. The van der Waals surface area contributed by atoms with Gasteiger partial charge in [-0.2, -0.15) is 0 Å². The molecule has 136 valence electrons. The number of hydrogen-bond donors (Lipinski definition) is 0. The highest BCUT2D eigenvalue weighted by Crippen LogP contribution is 2.27. The van der Waals surface area contributed by atoms with Crippen LogP contribution in [0.2, 0.25) is 0 Å². The van der Waals surface area contributed by atoms with Gasteiger partial charge in [0.05, 0.1) is 10.4 Å². The van der Waals surface area contributed by atoms with Crippen molar-refractivity contribution in [3.63, 3.8) is 0 Å². The number of piperazine rings is 1. The minimum atomic E-state index is -3.61. The number of hydrogen-bond acceptors (Lipinski definition) is 4. The van der Waals surface area contributed by atoms with Gasteiger partial charge >= 0.3 is 0 Å². The predicted molar refractivity (Wildman–Crippen MR) is 105 cm³/mol. The van der Waals surface area contributed by atoms with Crippen molar-refractivity contribution in [1.29, 1.82) is 0 Å². The summed E-state index contributed by atoms with van der Waals surface area (Å²) in [5.41, 5.74) is 2.84. The molecule has 0 radical (unpaired) electrons. The Bertz CT molecular complexity index is 1030. The molecule has 26 heavy (non-hydrogen) atoms. The van der Waals surface area contributed by atoms with Crippen molar-refractivity contribution in [1.82, 2.24) is 8.87 Å². The number of fused-ring (bicyclic) bond motifs is 1. The molecule has 1 aromatic heterocycles. The number of rotatable bonds is 3. The topological polar surface area (TPSA) is 45.6 Å². The number of aryl methyl sites for hydroxylation is 1. The van der Waals surface area contributed by atoms with Crippen LogP contribution in [-0.2, 0) is 10.0 Å². The summed E-state index contributed by atoms with van der Waals surface area (Å²) in [5.74, 6) is 0. The SMILES string of the molecule is Cc1ccc(S(=O)(=O)n2ccc3ccc(N4CCN(C)CC4)cc32)cc1. The Kier molecular flexibility index (Phi) is 4.25. The third kappa shape index (κ3) is 2.99. The Hall–Kier alpha value is -2.31. The minimum absolute atomic E-state index is 0.311. The third-order valence-corrected chi connectivity index (χ3v) is 6.79. The van der Waals surface area contributed by atoms with E-state index >= 15 is 0 Å². The molecular formula is C20H23N3O2S. The monoisotopic (exact) mass is 369 g/mol. The molecule has 2 aromatic carbocycles. The van der Waals surface area contributed by atoms with Crippen LogP contribution in [0.5, 0.6) is 0 Å². The second-order valence-electron chi connectivity index (χ2n) is 6.96. The van der Waals surface area contributed by atoms with Crippen molar-refractivity contribution in [2.45, 2.75) is 11.8 Å². The van der Waals surface area contributed by atoms with Gasteiger partial charge in [0.25, 0.3) is 10.0 Å². The maximum atomic E-state index is 13.1. The third-order valence-electron chi connectivity index (χ3n) is 5.09. The summed E-state index contributed by atoms with van der Waals surface area (Å²) in [7, 11) is -1.48. The molecule has 0 saturated carbocycles. The fraction of sp³-hybridized carbons (Fsp3) is 0.300. The summed E-state index contributed by atoms with van der Waals surface area (Å²) >= 11 is 0. The van der Waals surface area contributed by atoms with Crippen LogP contribution in [0.1, 0.15) is 5.56 Å². The Morgan fingerprint density at radius 1 is 0.885 bits per heavy atom. The highest BCUT2D eigenvalue weighted by molar-refractivity contribution is 7.90. The zero-order valence-corrected chi connectivity index (χ0v) is 15.9. The molecule has 4 rings (SSSR count). The van der Waals surface area contributed by atoms with Crippen LogP contribution in [0.4, 0.5) is 5.69 Å². The fourth-order valence-corrected chi connectivity index (χ4v) is 4.73. The van der Waals surface area contributed by atoms with Crippen molar-refractivity contribution in [3.8, 4) is 0 Å². The molecule has 0 amide bonds. The largest absolute Gasteiger partial charge is 0.369 e. The summed E-state index contributed by atoms with van der Waals surface area (Å²) in [6, 6.07) is 14.9. The maximum Gasteiger partial charge on any atom is 0.268 e. The first-order valence-corrected chi connectivity index (χ1v) is 10.3. The first kappa shape index (κ1) is 17.1. The highest BCUT2D eigenvalue weighted by Gasteiger charge is 2.20. The summed E-state index contributed by atoms with van der Waals surface area (Å²) in [6.45, 7) is 5.88. The highest BCUT2D eigenvalue weighted by atomic mass is 32.2. The quantitative estimate of drug-likeness (QED) is 0.712. The molecule has 0 bridgehead atoms. The summed E-state index contributed by atoms with van der Waals surface area (Å²) in [5, 5.41) is 0.929. The summed E-state index contributed by atoms with van der Waals surface area (Å²) in [6.07, 6.45) is 1.65. The lowest BCUT2D eigenvalue weighted by atomic mass is 10.2. The predicted octanol–water partition coefficient (Wildman–Crippen LogP) is 2.94. The Labute approximate surface area is 154 Å². The number of likely N-dealkylation sites (N-methyl/N-ethyl adjacent to an activating group) is 1. The number of anilines is 1. The van der Waals surface area contributed by atoms with Crippen LogP contribution in [0, 0.1) is 6.92 Å². The lowest BCUT2D eigenvalue weighted by molar-refractivity contribution is 0.313. The van der Waals surface area contributed by atoms with E-state index in [4.69, 9.17) is 0 Å². The Balaban J connectivity index is 1.76. The molecule has 1 fully saturated rings. The van der Waals surface area contributed by atoms with Crippen LogP contribution in [0.15, 0.2) is 59.6 Å². The van der Waals surface area contributed by atoms with Gasteiger partial charge in [-0.1, -0.05) is 23.8 Å². The maximum absolute atomic E-state index is 13.1. The van der Waals surface area contributed by atoms with E-state index in [0.717, 1.165) is 48.3 Å². The molecule has 6 heteroatoms. The molecule has 0 N–H and O–H groups in total. The average molecular weight is 369 g/mol. The van der Waals surface area contributed by atoms with Gasteiger partial charge in [-0.05, 0) is 44.3 Å². The van der Waals surface area contributed by atoms with Crippen molar-refractivity contribution in [2.24, 2.45) is 0 Å². The van der Waals surface area contributed by atoms with Gasteiger partial charge in [0.15, 0.2) is 0 Å². The average Bonchev–Trinajstić information content (AvgIpc) is 3.06.